The van der Waals surface area contributed by atoms with Crippen molar-refractivity contribution in [1.29, 1.82) is 0 Å². The largest absolute Gasteiger partial charge is 0.507 e. The monoisotopic (exact) mass is 440 g/mol. The minimum absolute atomic E-state index is 0.0653. The van der Waals surface area contributed by atoms with Crippen molar-refractivity contribution in [3.8, 4) is 5.75 Å². The standard InChI is InChI=1S/C23H24N2O7/c1-14(2)32-12-11-24-20(17-9-4-5-10-18(17)31-3)19(22(27)23(24)28)21(26)15-7-6-8-16(13-15)25(29)30/h4-10,13-14,20,26H,11-12H2,1-3H3/b21-19+. The van der Waals surface area contributed by atoms with Crippen LogP contribution in [0.15, 0.2) is 54.1 Å². The molecule has 1 N–H and O–H groups in total. The van der Waals surface area contributed by atoms with E-state index in [-0.39, 0.29) is 36.1 Å². The van der Waals surface area contributed by atoms with Crippen LogP contribution < -0.4 is 4.74 Å². The number of rotatable bonds is 8. The fourth-order valence-corrected chi connectivity index (χ4v) is 3.64. The minimum Gasteiger partial charge on any atom is -0.507 e. The van der Waals surface area contributed by atoms with E-state index in [0.29, 0.717) is 11.3 Å². The number of aliphatic hydroxyl groups is 1. The second-order valence-electron chi connectivity index (χ2n) is 7.46. The zero-order chi connectivity index (χ0) is 23.4. The average Bonchev–Trinajstić information content (AvgIpc) is 3.03. The quantitative estimate of drug-likeness (QED) is 0.219. The summed E-state index contributed by atoms with van der Waals surface area (Å²) in [6.45, 7) is 4.01. The second-order valence-corrected chi connectivity index (χ2v) is 7.46. The molecule has 0 bridgehead atoms. The molecule has 0 saturated carbocycles. The molecule has 0 spiro atoms. The zero-order valence-electron chi connectivity index (χ0n) is 18.0. The van der Waals surface area contributed by atoms with Gasteiger partial charge in [0.15, 0.2) is 0 Å². The van der Waals surface area contributed by atoms with Gasteiger partial charge >= 0.3 is 0 Å². The van der Waals surface area contributed by atoms with Crippen molar-refractivity contribution in [2.75, 3.05) is 20.3 Å². The maximum absolute atomic E-state index is 13.0. The van der Waals surface area contributed by atoms with E-state index in [1.807, 2.05) is 13.8 Å². The molecule has 1 atom stereocenters. The lowest BCUT2D eigenvalue weighted by molar-refractivity contribution is -0.384. The van der Waals surface area contributed by atoms with Gasteiger partial charge in [-0.1, -0.05) is 30.3 Å². The number of likely N-dealkylation sites (tertiary alicyclic amines) is 1. The molecule has 3 rings (SSSR count). The number of para-hydroxylation sites is 1. The summed E-state index contributed by atoms with van der Waals surface area (Å²) < 4.78 is 11.0. The van der Waals surface area contributed by atoms with Crippen molar-refractivity contribution in [2.45, 2.75) is 26.0 Å². The molecule has 1 saturated heterocycles. The smallest absolute Gasteiger partial charge is 0.295 e. The Morgan fingerprint density at radius 3 is 2.56 bits per heavy atom. The lowest BCUT2D eigenvalue weighted by Gasteiger charge is -2.26. The van der Waals surface area contributed by atoms with Crippen molar-refractivity contribution >= 4 is 23.1 Å². The van der Waals surface area contributed by atoms with E-state index in [0.717, 1.165) is 6.07 Å². The molecule has 0 aliphatic carbocycles. The van der Waals surface area contributed by atoms with E-state index < -0.39 is 28.4 Å². The fourth-order valence-electron chi connectivity index (χ4n) is 3.64. The summed E-state index contributed by atoms with van der Waals surface area (Å²) in [7, 11) is 1.47. The zero-order valence-corrected chi connectivity index (χ0v) is 18.0. The molecule has 168 valence electrons. The van der Waals surface area contributed by atoms with Gasteiger partial charge in [-0.15, -0.1) is 0 Å². The van der Waals surface area contributed by atoms with Gasteiger partial charge in [0.1, 0.15) is 11.5 Å². The first-order chi connectivity index (χ1) is 15.3. The summed E-state index contributed by atoms with van der Waals surface area (Å²) in [6.07, 6.45) is -0.0681. The second kappa shape index (κ2) is 9.61. The van der Waals surface area contributed by atoms with Gasteiger partial charge in [0, 0.05) is 29.8 Å². The number of carbonyl (C=O) groups excluding carboxylic acids is 2. The van der Waals surface area contributed by atoms with Crippen LogP contribution in [-0.2, 0) is 14.3 Å². The molecular weight excluding hydrogens is 416 g/mol. The van der Waals surface area contributed by atoms with Crippen LogP contribution in [0.4, 0.5) is 5.69 Å². The van der Waals surface area contributed by atoms with Gasteiger partial charge in [-0.05, 0) is 19.9 Å². The van der Waals surface area contributed by atoms with Crippen LogP contribution >= 0.6 is 0 Å². The first-order valence-corrected chi connectivity index (χ1v) is 10.0. The van der Waals surface area contributed by atoms with E-state index >= 15 is 0 Å². The molecular formula is C23H24N2O7. The highest BCUT2D eigenvalue weighted by Crippen LogP contribution is 2.42. The van der Waals surface area contributed by atoms with E-state index in [2.05, 4.69) is 0 Å². The highest BCUT2D eigenvalue weighted by atomic mass is 16.6. The summed E-state index contributed by atoms with van der Waals surface area (Å²) in [4.78, 5) is 37.8. The number of ketones is 1. The number of nitrogens with zero attached hydrogens (tertiary/aromatic N) is 2. The maximum atomic E-state index is 13.0. The van der Waals surface area contributed by atoms with Crippen LogP contribution in [0, 0.1) is 10.1 Å². The first kappa shape index (κ1) is 23.0. The number of non-ortho nitro benzene ring substituents is 1. The Labute approximate surface area is 185 Å². The SMILES string of the molecule is COc1ccccc1C1/C(=C(\O)c2cccc([N+](=O)[O-])c2)C(=O)C(=O)N1CCOC(C)C. The Hall–Kier alpha value is -3.72. The molecule has 1 unspecified atom stereocenters. The predicted molar refractivity (Wildman–Crippen MR) is 116 cm³/mol. The predicted octanol–water partition coefficient (Wildman–Crippen LogP) is 3.45. The number of hydrogen-bond donors (Lipinski definition) is 1. The van der Waals surface area contributed by atoms with Gasteiger partial charge in [-0.2, -0.15) is 0 Å². The highest BCUT2D eigenvalue weighted by molar-refractivity contribution is 6.46. The van der Waals surface area contributed by atoms with Gasteiger partial charge < -0.3 is 19.5 Å². The fraction of sp³-hybridized carbons (Fsp3) is 0.304. The van der Waals surface area contributed by atoms with Crippen LogP contribution in [0.1, 0.15) is 31.0 Å². The Kier molecular flexibility index (Phi) is 6.89. The van der Waals surface area contributed by atoms with Crippen molar-refractivity contribution in [1.82, 2.24) is 4.90 Å². The van der Waals surface area contributed by atoms with Gasteiger partial charge in [0.05, 0.1) is 36.4 Å². The molecule has 1 fully saturated rings. The number of amides is 1. The van der Waals surface area contributed by atoms with E-state index in [9.17, 15) is 24.8 Å². The van der Waals surface area contributed by atoms with Crippen molar-refractivity contribution in [3.63, 3.8) is 0 Å². The van der Waals surface area contributed by atoms with Crippen LogP contribution in [0.3, 0.4) is 0 Å². The summed E-state index contributed by atoms with van der Waals surface area (Å²) >= 11 is 0. The summed E-state index contributed by atoms with van der Waals surface area (Å²) in [5, 5.41) is 22.2. The number of methoxy groups -OCH3 is 1. The third-order valence-electron chi connectivity index (χ3n) is 5.09. The van der Waals surface area contributed by atoms with E-state index in [1.165, 1.54) is 30.2 Å². The third kappa shape index (κ3) is 4.47. The average molecular weight is 440 g/mol. The number of nitro groups is 1. The number of carbonyl (C=O) groups is 2. The first-order valence-electron chi connectivity index (χ1n) is 10.0. The molecule has 1 amide bonds. The lowest BCUT2D eigenvalue weighted by atomic mass is 9.94. The van der Waals surface area contributed by atoms with Gasteiger partial charge in [0.25, 0.3) is 17.4 Å². The summed E-state index contributed by atoms with van der Waals surface area (Å²) in [5.41, 5.74) is 0.160. The van der Waals surface area contributed by atoms with Crippen molar-refractivity contribution in [3.05, 3.63) is 75.3 Å². The van der Waals surface area contributed by atoms with Crippen LogP contribution in [0.25, 0.3) is 5.76 Å². The van der Waals surface area contributed by atoms with E-state index in [4.69, 9.17) is 9.47 Å². The maximum Gasteiger partial charge on any atom is 0.295 e. The Bertz CT molecular complexity index is 1080. The molecule has 0 radical (unpaired) electrons. The molecule has 1 aliphatic rings. The highest BCUT2D eigenvalue weighted by Gasteiger charge is 2.47. The number of benzene rings is 2. The van der Waals surface area contributed by atoms with Crippen molar-refractivity contribution < 1.29 is 29.1 Å². The Balaban J connectivity index is 2.16. The van der Waals surface area contributed by atoms with Gasteiger partial charge in [0.2, 0.25) is 0 Å². The van der Waals surface area contributed by atoms with Crippen LogP contribution in [0.2, 0.25) is 0 Å². The summed E-state index contributed by atoms with van der Waals surface area (Å²) in [5.74, 6) is -1.73. The van der Waals surface area contributed by atoms with Crippen LogP contribution in [-0.4, -0.2) is 53.0 Å². The number of nitro benzene ring substituents is 1. The topological polar surface area (TPSA) is 119 Å². The molecule has 1 heterocycles. The molecule has 2 aromatic carbocycles. The molecule has 2 aromatic rings. The molecule has 32 heavy (non-hydrogen) atoms. The van der Waals surface area contributed by atoms with Gasteiger partial charge in [-0.3, -0.25) is 19.7 Å². The van der Waals surface area contributed by atoms with Gasteiger partial charge in [-0.25, -0.2) is 0 Å². The number of aliphatic hydroxyl groups excluding tert-OH is 1. The Morgan fingerprint density at radius 2 is 1.91 bits per heavy atom. The molecule has 9 heteroatoms. The molecule has 1 aliphatic heterocycles. The minimum atomic E-state index is -0.943. The molecule has 0 aromatic heterocycles. The number of ether oxygens (including phenoxy) is 2. The number of Topliss-reactive ketones (excluding diaryl/α,β-unsaturated/α-hetero) is 1. The van der Waals surface area contributed by atoms with E-state index in [1.54, 1.807) is 24.3 Å². The summed E-state index contributed by atoms with van der Waals surface area (Å²) in [6, 6.07) is 11.2. The van der Waals surface area contributed by atoms with Crippen LogP contribution in [0.5, 0.6) is 5.75 Å². The number of hydrogen-bond acceptors (Lipinski definition) is 7. The molecule has 9 nitrogen and oxygen atoms in total. The Morgan fingerprint density at radius 1 is 1.19 bits per heavy atom. The third-order valence-corrected chi connectivity index (χ3v) is 5.09. The van der Waals surface area contributed by atoms with Crippen molar-refractivity contribution in [2.24, 2.45) is 0 Å². The lowest BCUT2D eigenvalue weighted by Crippen LogP contribution is -2.33. The normalized spacial score (nSPS) is 17.8.